The molecule has 0 aromatic heterocycles. The number of hydrogen-bond donors (Lipinski definition) is 0. The fraction of sp³-hybridized carbons (Fsp3) is 0.500. The molecule has 0 bridgehead atoms. The number of piperidine rings is 2. The summed E-state index contributed by atoms with van der Waals surface area (Å²) in [7, 11) is 1.62. The molecule has 7 nitrogen and oxygen atoms in total. The number of hydrogen-bond acceptors (Lipinski definition) is 5. The standard InChI is InChI=1S/C28H33F3N2O5/c1-36-24-8-4-2-6-20(24)10-11-26(34)32-16-12-21(13-17-32)37-22-14-18-33(19-15-22)27(35)23-7-3-5-9-25(23)38-28(29,30)31/h2-9,21-22H,10-19H2,1H3. The zero-order chi connectivity index (χ0) is 27.1. The van der Waals surface area contributed by atoms with Crippen LogP contribution in [0.15, 0.2) is 48.5 Å². The van der Waals surface area contributed by atoms with Gasteiger partial charge in [0.1, 0.15) is 11.5 Å². The van der Waals surface area contributed by atoms with Crippen molar-refractivity contribution in [3.8, 4) is 11.5 Å². The number of alkyl halides is 3. The van der Waals surface area contributed by atoms with Crippen molar-refractivity contribution < 1.29 is 37.0 Å². The van der Waals surface area contributed by atoms with E-state index in [2.05, 4.69) is 4.74 Å². The normalized spacial score (nSPS) is 17.4. The summed E-state index contributed by atoms with van der Waals surface area (Å²) in [6.45, 7) is 2.07. The average Bonchev–Trinajstić information content (AvgIpc) is 2.92. The summed E-state index contributed by atoms with van der Waals surface area (Å²) >= 11 is 0. The lowest BCUT2D eigenvalue weighted by Gasteiger charge is -2.37. The number of likely N-dealkylation sites (tertiary alicyclic amines) is 2. The number of para-hydroxylation sites is 2. The Balaban J connectivity index is 1.19. The Labute approximate surface area is 220 Å². The van der Waals surface area contributed by atoms with Gasteiger partial charge in [0.05, 0.1) is 24.9 Å². The van der Waals surface area contributed by atoms with Crippen LogP contribution >= 0.6 is 0 Å². The molecule has 2 amide bonds. The van der Waals surface area contributed by atoms with Gasteiger partial charge < -0.3 is 24.0 Å². The van der Waals surface area contributed by atoms with E-state index in [0.717, 1.165) is 30.2 Å². The van der Waals surface area contributed by atoms with E-state index in [9.17, 15) is 22.8 Å². The molecule has 0 atom stereocenters. The Hall–Kier alpha value is -3.27. The highest BCUT2D eigenvalue weighted by Gasteiger charge is 2.34. The van der Waals surface area contributed by atoms with Gasteiger partial charge in [0.25, 0.3) is 5.91 Å². The third-order valence-electron chi connectivity index (χ3n) is 7.05. The monoisotopic (exact) mass is 534 g/mol. The topological polar surface area (TPSA) is 68.3 Å². The number of aryl methyl sites for hydroxylation is 1. The molecular formula is C28H33F3N2O5. The predicted molar refractivity (Wildman–Crippen MR) is 134 cm³/mol. The molecule has 2 aromatic carbocycles. The van der Waals surface area contributed by atoms with E-state index < -0.39 is 18.0 Å². The minimum atomic E-state index is -4.87. The number of amides is 2. The number of nitrogens with zero attached hydrogens (tertiary/aromatic N) is 2. The minimum Gasteiger partial charge on any atom is -0.496 e. The molecule has 2 aromatic rings. The van der Waals surface area contributed by atoms with Gasteiger partial charge in [-0.1, -0.05) is 30.3 Å². The van der Waals surface area contributed by atoms with E-state index in [0.29, 0.717) is 51.9 Å². The summed E-state index contributed by atoms with van der Waals surface area (Å²) in [5, 5.41) is 0. The smallest absolute Gasteiger partial charge is 0.496 e. The molecule has 0 unspecified atom stereocenters. The number of rotatable bonds is 8. The predicted octanol–water partition coefficient (Wildman–Crippen LogP) is 4.84. The van der Waals surface area contributed by atoms with Gasteiger partial charge in [-0.2, -0.15) is 0 Å². The van der Waals surface area contributed by atoms with Gasteiger partial charge in [0.15, 0.2) is 0 Å². The van der Waals surface area contributed by atoms with Crippen LogP contribution in [0.3, 0.4) is 0 Å². The van der Waals surface area contributed by atoms with Crippen molar-refractivity contribution in [3.63, 3.8) is 0 Å². The fourth-order valence-corrected chi connectivity index (χ4v) is 5.04. The summed E-state index contributed by atoms with van der Waals surface area (Å²) in [5.74, 6) is -0.0641. The second-order valence-corrected chi connectivity index (χ2v) is 9.56. The molecule has 2 aliphatic rings. The van der Waals surface area contributed by atoms with Gasteiger partial charge in [0.2, 0.25) is 5.91 Å². The van der Waals surface area contributed by atoms with E-state index >= 15 is 0 Å². The lowest BCUT2D eigenvalue weighted by atomic mass is 10.0. The van der Waals surface area contributed by atoms with Crippen molar-refractivity contribution in [1.29, 1.82) is 0 Å². The van der Waals surface area contributed by atoms with Crippen molar-refractivity contribution in [2.24, 2.45) is 0 Å². The van der Waals surface area contributed by atoms with Crippen molar-refractivity contribution >= 4 is 11.8 Å². The first-order valence-electron chi connectivity index (χ1n) is 12.9. The lowest BCUT2D eigenvalue weighted by molar-refractivity contribution is -0.274. The Morgan fingerprint density at radius 2 is 1.39 bits per heavy atom. The first kappa shape index (κ1) is 27.8. The highest BCUT2D eigenvalue weighted by atomic mass is 19.4. The molecule has 2 fully saturated rings. The van der Waals surface area contributed by atoms with Crippen LogP contribution in [-0.2, 0) is 16.0 Å². The summed E-state index contributed by atoms with van der Waals surface area (Å²) < 4.78 is 53.8. The third kappa shape index (κ3) is 7.40. The van der Waals surface area contributed by atoms with Crippen LogP contribution in [0.4, 0.5) is 13.2 Å². The van der Waals surface area contributed by atoms with Crippen LogP contribution in [-0.4, -0.2) is 73.5 Å². The third-order valence-corrected chi connectivity index (χ3v) is 7.05. The Morgan fingerprint density at radius 3 is 2.00 bits per heavy atom. The molecule has 2 aliphatic heterocycles. The maximum absolute atomic E-state index is 12.9. The van der Waals surface area contributed by atoms with Gasteiger partial charge in [0, 0.05) is 32.6 Å². The van der Waals surface area contributed by atoms with E-state index in [1.807, 2.05) is 29.2 Å². The maximum atomic E-state index is 12.9. The van der Waals surface area contributed by atoms with Gasteiger partial charge in [-0.15, -0.1) is 13.2 Å². The molecule has 0 spiro atoms. The van der Waals surface area contributed by atoms with Crippen LogP contribution in [0.2, 0.25) is 0 Å². The zero-order valence-electron chi connectivity index (χ0n) is 21.4. The molecule has 0 radical (unpaired) electrons. The van der Waals surface area contributed by atoms with Crippen molar-refractivity contribution in [1.82, 2.24) is 9.80 Å². The van der Waals surface area contributed by atoms with Crippen LogP contribution in [0.25, 0.3) is 0 Å². The average molecular weight is 535 g/mol. The van der Waals surface area contributed by atoms with Gasteiger partial charge >= 0.3 is 6.36 Å². The molecule has 2 heterocycles. The summed E-state index contributed by atoms with van der Waals surface area (Å²) in [6, 6.07) is 13.1. The molecule has 206 valence electrons. The van der Waals surface area contributed by atoms with Gasteiger partial charge in [-0.25, -0.2) is 0 Å². The highest BCUT2D eigenvalue weighted by molar-refractivity contribution is 5.97. The molecule has 0 N–H and O–H groups in total. The van der Waals surface area contributed by atoms with Gasteiger partial charge in [-0.05, 0) is 55.9 Å². The first-order valence-corrected chi connectivity index (χ1v) is 12.9. The van der Waals surface area contributed by atoms with Crippen molar-refractivity contribution in [2.45, 2.75) is 57.1 Å². The minimum absolute atomic E-state index is 0.0292. The Bertz CT molecular complexity index is 1090. The van der Waals surface area contributed by atoms with Crippen LogP contribution in [0, 0.1) is 0 Å². The van der Waals surface area contributed by atoms with E-state index in [4.69, 9.17) is 9.47 Å². The number of benzene rings is 2. The van der Waals surface area contributed by atoms with Crippen LogP contribution < -0.4 is 9.47 Å². The largest absolute Gasteiger partial charge is 0.573 e. The van der Waals surface area contributed by atoms with E-state index in [1.165, 1.54) is 18.2 Å². The van der Waals surface area contributed by atoms with Crippen LogP contribution in [0.5, 0.6) is 11.5 Å². The summed E-state index contributed by atoms with van der Waals surface area (Å²) in [4.78, 5) is 29.0. The maximum Gasteiger partial charge on any atom is 0.573 e. The molecule has 2 saturated heterocycles. The molecule has 10 heteroatoms. The quantitative estimate of drug-likeness (QED) is 0.485. The van der Waals surface area contributed by atoms with Crippen molar-refractivity contribution in [2.75, 3.05) is 33.3 Å². The molecule has 4 rings (SSSR count). The number of carbonyl (C=O) groups excluding carboxylic acids is 2. The molecule has 38 heavy (non-hydrogen) atoms. The van der Waals surface area contributed by atoms with Crippen LogP contribution in [0.1, 0.15) is 48.0 Å². The van der Waals surface area contributed by atoms with Gasteiger partial charge in [-0.3, -0.25) is 9.59 Å². The summed E-state index contributed by atoms with van der Waals surface area (Å²) in [6.07, 6.45) is -1.09. The number of ether oxygens (including phenoxy) is 3. The second-order valence-electron chi connectivity index (χ2n) is 9.56. The number of halogens is 3. The highest BCUT2D eigenvalue weighted by Crippen LogP contribution is 2.29. The molecule has 0 aliphatic carbocycles. The zero-order valence-corrected chi connectivity index (χ0v) is 21.4. The molecule has 0 saturated carbocycles. The summed E-state index contributed by atoms with van der Waals surface area (Å²) in [5.41, 5.74) is 0.912. The first-order chi connectivity index (χ1) is 18.2. The number of carbonyl (C=O) groups is 2. The SMILES string of the molecule is COc1ccccc1CCC(=O)N1CCC(OC2CCN(C(=O)c3ccccc3OC(F)(F)F)CC2)CC1. The lowest BCUT2D eigenvalue weighted by Crippen LogP contribution is -2.45. The molecular weight excluding hydrogens is 501 g/mol. The van der Waals surface area contributed by atoms with E-state index in [1.54, 1.807) is 12.0 Å². The second kappa shape index (κ2) is 12.5. The fourth-order valence-electron chi connectivity index (χ4n) is 5.04. The number of methoxy groups -OCH3 is 1. The van der Waals surface area contributed by atoms with E-state index in [-0.39, 0.29) is 23.7 Å². The van der Waals surface area contributed by atoms with Crippen molar-refractivity contribution in [3.05, 3.63) is 59.7 Å². The Morgan fingerprint density at radius 1 is 0.842 bits per heavy atom. The Kier molecular flexibility index (Phi) is 9.14.